The van der Waals surface area contributed by atoms with Crippen molar-refractivity contribution in [3.8, 4) is 0 Å². The molecule has 9 heteroatoms. The number of hydrogen-bond acceptors (Lipinski definition) is 6. The summed E-state index contributed by atoms with van der Waals surface area (Å²) in [6.07, 6.45) is 0.874. The van der Waals surface area contributed by atoms with Crippen LogP contribution in [-0.2, 0) is 11.3 Å². The second-order valence-electron chi connectivity index (χ2n) is 7.36. The molecule has 7 nitrogen and oxygen atoms in total. The van der Waals surface area contributed by atoms with Crippen LogP contribution < -0.4 is 4.90 Å². The number of ether oxygens (including phenoxy) is 1. The number of morpholine rings is 1. The summed E-state index contributed by atoms with van der Waals surface area (Å²) >= 11 is 5.06. The van der Waals surface area contributed by atoms with E-state index in [0.29, 0.717) is 12.2 Å². The van der Waals surface area contributed by atoms with Gasteiger partial charge < -0.3 is 4.74 Å². The van der Waals surface area contributed by atoms with Crippen molar-refractivity contribution < 1.29 is 9.53 Å². The number of carbonyl (C=O) groups is 1. The molecule has 30 heavy (non-hydrogen) atoms. The van der Waals surface area contributed by atoms with Gasteiger partial charge in [0, 0.05) is 42.9 Å². The molecule has 0 saturated carbocycles. The minimum absolute atomic E-state index is 0.0922. The fourth-order valence-corrected chi connectivity index (χ4v) is 5.18. The molecule has 0 spiro atoms. The number of aromatic nitrogens is 3. The van der Waals surface area contributed by atoms with E-state index >= 15 is 0 Å². The zero-order valence-corrected chi connectivity index (χ0v) is 19.7. The summed E-state index contributed by atoms with van der Waals surface area (Å²) in [5.74, 6) is -0.0922. The SMILES string of the molecule is CCn1nc(C(=O)N(CCCN2CCOCC2)c2nc3ccc(Br)cc3s2)cc1C. The fraction of sp³-hybridized carbons (Fsp3) is 0.476. The summed E-state index contributed by atoms with van der Waals surface area (Å²) in [6, 6.07) is 7.86. The van der Waals surface area contributed by atoms with E-state index in [4.69, 9.17) is 9.72 Å². The first-order valence-electron chi connectivity index (χ1n) is 10.3. The Morgan fingerprint density at radius 2 is 2.10 bits per heavy atom. The van der Waals surface area contributed by atoms with Crippen molar-refractivity contribution >= 4 is 48.5 Å². The summed E-state index contributed by atoms with van der Waals surface area (Å²) in [5.41, 5.74) is 2.36. The first-order valence-corrected chi connectivity index (χ1v) is 11.9. The molecule has 1 aliphatic rings. The van der Waals surface area contributed by atoms with E-state index in [2.05, 4.69) is 25.9 Å². The lowest BCUT2D eigenvalue weighted by atomic mass is 10.3. The van der Waals surface area contributed by atoms with E-state index in [1.54, 1.807) is 16.2 Å². The highest BCUT2D eigenvalue weighted by atomic mass is 79.9. The Bertz CT molecular complexity index is 1030. The van der Waals surface area contributed by atoms with Gasteiger partial charge in [-0.2, -0.15) is 5.10 Å². The Labute approximate surface area is 188 Å². The smallest absolute Gasteiger partial charge is 0.280 e. The number of benzene rings is 1. The molecule has 0 bridgehead atoms. The van der Waals surface area contributed by atoms with Crippen LogP contribution in [0.5, 0.6) is 0 Å². The molecule has 4 rings (SSSR count). The van der Waals surface area contributed by atoms with E-state index < -0.39 is 0 Å². The van der Waals surface area contributed by atoms with E-state index in [1.165, 1.54) is 0 Å². The summed E-state index contributed by atoms with van der Waals surface area (Å²) < 4.78 is 9.35. The zero-order valence-electron chi connectivity index (χ0n) is 17.3. The number of fused-ring (bicyclic) bond motifs is 1. The van der Waals surface area contributed by atoms with Gasteiger partial charge in [-0.3, -0.25) is 19.3 Å². The van der Waals surface area contributed by atoms with Crippen LogP contribution in [0.1, 0.15) is 29.5 Å². The summed E-state index contributed by atoms with van der Waals surface area (Å²) in [6.45, 7) is 9.75. The lowest BCUT2D eigenvalue weighted by Gasteiger charge is -2.27. The monoisotopic (exact) mass is 491 g/mol. The number of thiazole rings is 1. The third-order valence-corrected chi connectivity index (χ3v) is 6.81. The molecule has 160 valence electrons. The van der Waals surface area contributed by atoms with E-state index in [9.17, 15) is 4.79 Å². The molecule has 0 radical (unpaired) electrons. The molecular formula is C21H26BrN5O2S. The van der Waals surface area contributed by atoms with Gasteiger partial charge in [0.1, 0.15) is 0 Å². The number of aryl methyl sites for hydroxylation is 2. The van der Waals surface area contributed by atoms with Crippen LogP contribution >= 0.6 is 27.3 Å². The molecule has 0 unspecified atom stereocenters. The Kier molecular flexibility index (Phi) is 6.82. The van der Waals surface area contributed by atoms with Crippen molar-refractivity contribution in [1.82, 2.24) is 19.7 Å². The van der Waals surface area contributed by atoms with E-state index in [0.717, 1.165) is 71.3 Å². The molecule has 1 fully saturated rings. The van der Waals surface area contributed by atoms with Gasteiger partial charge in [0.25, 0.3) is 5.91 Å². The molecular weight excluding hydrogens is 466 g/mol. The first kappa shape index (κ1) is 21.4. The van der Waals surface area contributed by atoms with Crippen LogP contribution in [0, 0.1) is 6.92 Å². The number of nitrogens with zero attached hydrogens (tertiary/aromatic N) is 5. The van der Waals surface area contributed by atoms with Crippen LogP contribution in [0.2, 0.25) is 0 Å². The number of hydrogen-bond donors (Lipinski definition) is 0. The fourth-order valence-electron chi connectivity index (χ4n) is 3.64. The number of rotatable bonds is 7. The lowest BCUT2D eigenvalue weighted by molar-refractivity contribution is 0.0376. The van der Waals surface area contributed by atoms with Crippen molar-refractivity contribution in [1.29, 1.82) is 0 Å². The quantitative estimate of drug-likeness (QED) is 0.500. The Balaban J connectivity index is 1.58. The third kappa shape index (κ3) is 4.74. The largest absolute Gasteiger partial charge is 0.379 e. The molecule has 1 amide bonds. The number of halogens is 1. The lowest BCUT2D eigenvalue weighted by Crippen LogP contribution is -2.39. The van der Waals surface area contributed by atoms with Crippen molar-refractivity contribution in [2.24, 2.45) is 0 Å². The van der Waals surface area contributed by atoms with Gasteiger partial charge in [-0.05, 0) is 44.5 Å². The van der Waals surface area contributed by atoms with Crippen LogP contribution in [-0.4, -0.2) is 65.0 Å². The summed E-state index contributed by atoms with van der Waals surface area (Å²) in [7, 11) is 0. The zero-order chi connectivity index (χ0) is 21.1. The average molecular weight is 492 g/mol. The highest BCUT2D eigenvalue weighted by Crippen LogP contribution is 2.31. The molecule has 3 aromatic rings. The second-order valence-corrected chi connectivity index (χ2v) is 9.28. The van der Waals surface area contributed by atoms with E-state index in [-0.39, 0.29) is 5.91 Å². The van der Waals surface area contributed by atoms with Gasteiger partial charge >= 0.3 is 0 Å². The molecule has 1 saturated heterocycles. The van der Waals surface area contributed by atoms with Crippen molar-refractivity contribution in [2.45, 2.75) is 26.8 Å². The van der Waals surface area contributed by atoms with Gasteiger partial charge in [0.15, 0.2) is 10.8 Å². The summed E-state index contributed by atoms with van der Waals surface area (Å²) in [4.78, 5) is 22.4. The minimum Gasteiger partial charge on any atom is -0.379 e. The predicted molar refractivity (Wildman–Crippen MR) is 124 cm³/mol. The van der Waals surface area contributed by atoms with Gasteiger partial charge in [-0.1, -0.05) is 27.3 Å². The average Bonchev–Trinajstić information content (AvgIpc) is 3.34. The van der Waals surface area contributed by atoms with Gasteiger partial charge in [-0.15, -0.1) is 0 Å². The topological polar surface area (TPSA) is 63.5 Å². The van der Waals surface area contributed by atoms with Gasteiger partial charge in [-0.25, -0.2) is 4.98 Å². The Morgan fingerprint density at radius 1 is 1.30 bits per heavy atom. The summed E-state index contributed by atoms with van der Waals surface area (Å²) in [5, 5.41) is 5.23. The standard InChI is InChI=1S/C21H26BrN5O2S/c1-3-27-15(2)13-18(24-27)20(28)26(8-4-7-25-9-11-29-12-10-25)21-23-17-6-5-16(22)14-19(17)30-21/h5-6,13-14H,3-4,7-12H2,1-2H3. The highest BCUT2D eigenvalue weighted by Gasteiger charge is 2.24. The number of anilines is 1. The molecule has 0 aliphatic carbocycles. The van der Waals surface area contributed by atoms with E-state index in [1.807, 2.05) is 42.8 Å². The van der Waals surface area contributed by atoms with Crippen molar-refractivity contribution in [2.75, 3.05) is 44.3 Å². The number of amides is 1. The third-order valence-electron chi connectivity index (χ3n) is 5.27. The molecule has 2 aromatic heterocycles. The Hall–Kier alpha value is -1.81. The van der Waals surface area contributed by atoms with Gasteiger partial charge in [0.2, 0.25) is 0 Å². The van der Waals surface area contributed by atoms with Crippen LogP contribution in [0.3, 0.4) is 0 Å². The van der Waals surface area contributed by atoms with Crippen LogP contribution in [0.15, 0.2) is 28.7 Å². The minimum atomic E-state index is -0.0922. The maximum atomic E-state index is 13.4. The normalized spacial score (nSPS) is 15.0. The maximum Gasteiger partial charge on any atom is 0.280 e. The number of carbonyl (C=O) groups excluding carboxylic acids is 1. The van der Waals surface area contributed by atoms with Crippen molar-refractivity contribution in [3.05, 3.63) is 40.1 Å². The maximum absolute atomic E-state index is 13.4. The second kappa shape index (κ2) is 9.55. The van der Waals surface area contributed by atoms with Crippen LogP contribution in [0.25, 0.3) is 10.2 Å². The first-order chi connectivity index (χ1) is 14.5. The molecule has 0 N–H and O–H groups in total. The predicted octanol–water partition coefficient (Wildman–Crippen LogP) is 3.95. The molecule has 0 atom stereocenters. The van der Waals surface area contributed by atoms with Crippen LogP contribution in [0.4, 0.5) is 5.13 Å². The van der Waals surface area contributed by atoms with Gasteiger partial charge in [0.05, 0.1) is 23.4 Å². The Morgan fingerprint density at radius 3 is 2.83 bits per heavy atom. The molecule has 1 aromatic carbocycles. The molecule has 3 heterocycles. The van der Waals surface area contributed by atoms with Crippen molar-refractivity contribution in [3.63, 3.8) is 0 Å². The molecule has 1 aliphatic heterocycles. The highest BCUT2D eigenvalue weighted by molar-refractivity contribution is 9.10.